The van der Waals surface area contributed by atoms with Crippen LogP contribution in [0.25, 0.3) is 0 Å². The van der Waals surface area contributed by atoms with Gasteiger partial charge in [0.1, 0.15) is 0 Å². The SMILES string of the molecule is Cc1cc(C(C)(C)C)ccc1CCNCC1CNC1. The van der Waals surface area contributed by atoms with E-state index in [9.17, 15) is 0 Å². The molecular formula is C17H28N2. The Kier molecular flexibility index (Phi) is 4.64. The summed E-state index contributed by atoms with van der Waals surface area (Å²) in [6, 6.07) is 6.95. The molecule has 1 aromatic carbocycles. The van der Waals surface area contributed by atoms with Crippen molar-refractivity contribution in [2.45, 2.75) is 39.5 Å². The van der Waals surface area contributed by atoms with E-state index in [0.29, 0.717) is 0 Å². The standard InChI is InChI=1S/C17H28N2/c1-13-9-16(17(2,3)4)6-5-15(13)7-8-18-10-14-11-19-12-14/h5-6,9,14,18-19H,7-8,10-12H2,1-4H3. The van der Waals surface area contributed by atoms with E-state index >= 15 is 0 Å². The zero-order valence-corrected chi connectivity index (χ0v) is 12.8. The molecule has 0 amide bonds. The van der Waals surface area contributed by atoms with Crippen molar-refractivity contribution < 1.29 is 0 Å². The first-order chi connectivity index (χ1) is 8.97. The average Bonchev–Trinajstić information content (AvgIpc) is 2.26. The van der Waals surface area contributed by atoms with Crippen LogP contribution in [0.15, 0.2) is 18.2 Å². The molecule has 1 aromatic rings. The summed E-state index contributed by atoms with van der Waals surface area (Å²) in [6.45, 7) is 13.7. The topological polar surface area (TPSA) is 24.1 Å². The molecule has 0 aliphatic carbocycles. The molecule has 2 heteroatoms. The second-order valence-corrected chi connectivity index (χ2v) is 6.87. The summed E-state index contributed by atoms with van der Waals surface area (Å²) in [7, 11) is 0. The highest BCUT2D eigenvalue weighted by molar-refractivity contribution is 5.34. The Bertz CT molecular complexity index is 414. The Labute approximate surface area is 118 Å². The summed E-state index contributed by atoms with van der Waals surface area (Å²) >= 11 is 0. The maximum Gasteiger partial charge on any atom is 0.000394 e. The molecule has 1 aliphatic rings. The quantitative estimate of drug-likeness (QED) is 0.795. The summed E-state index contributed by atoms with van der Waals surface area (Å²) in [6.07, 6.45) is 1.14. The Morgan fingerprint density at radius 3 is 2.53 bits per heavy atom. The van der Waals surface area contributed by atoms with E-state index < -0.39 is 0 Å². The fourth-order valence-electron chi connectivity index (χ4n) is 2.46. The average molecular weight is 260 g/mol. The normalized spacial score (nSPS) is 16.4. The van der Waals surface area contributed by atoms with Gasteiger partial charge in [0.15, 0.2) is 0 Å². The Hall–Kier alpha value is -0.860. The fraction of sp³-hybridized carbons (Fsp3) is 0.647. The van der Waals surface area contributed by atoms with Crippen molar-refractivity contribution in [3.63, 3.8) is 0 Å². The number of nitrogens with one attached hydrogen (secondary N) is 2. The van der Waals surface area contributed by atoms with Crippen molar-refractivity contribution in [2.75, 3.05) is 26.2 Å². The van der Waals surface area contributed by atoms with Crippen molar-refractivity contribution in [1.82, 2.24) is 10.6 Å². The van der Waals surface area contributed by atoms with Gasteiger partial charge in [0.05, 0.1) is 0 Å². The van der Waals surface area contributed by atoms with Gasteiger partial charge >= 0.3 is 0 Å². The third-order valence-electron chi connectivity index (χ3n) is 4.08. The molecule has 2 nitrogen and oxygen atoms in total. The van der Waals surface area contributed by atoms with Crippen molar-refractivity contribution in [1.29, 1.82) is 0 Å². The molecule has 2 N–H and O–H groups in total. The zero-order chi connectivity index (χ0) is 13.9. The first-order valence-electron chi connectivity index (χ1n) is 7.48. The molecule has 0 radical (unpaired) electrons. The lowest BCUT2D eigenvalue weighted by atomic mass is 9.85. The Morgan fingerprint density at radius 2 is 2.00 bits per heavy atom. The van der Waals surface area contributed by atoms with Gasteiger partial charge in [0.25, 0.3) is 0 Å². The van der Waals surface area contributed by atoms with E-state index in [1.54, 1.807) is 0 Å². The minimum absolute atomic E-state index is 0.249. The highest BCUT2D eigenvalue weighted by Crippen LogP contribution is 2.24. The van der Waals surface area contributed by atoms with E-state index in [1.807, 2.05) is 0 Å². The molecular weight excluding hydrogens is 232 g/mol. The maximum atomic E-state index is 3.57. The first kappa shape index (κ1) is 14.5. The van der Waals surface area contributed by atoms with Gasteiger partial charge in [-0.2, -0.15) is 0 Å². The van der Waals surface area contributed by atoms with Crippen molar-refractivity contribution >= 4 is 0 Å². The van der Waals surface area contributed by atoms with Gasteiger partial charge < -0.3 is 10.6 Å². The molecule has 0 unspecified atom stereocenters. The molecule has 19 heavy (non-hydrogen) atoms. The van der Waals surface area contributed by atoms with Gasteiger partial charge in [0, 0.05) is 19.6 Å². The van der Waals surface area contributed by atoms with Gasteiger partial charge in [-0.1, -0.05) is 39.0 Å². The number of hydrogen-bond donors (Lipinski definition) is 2. The number of aryl methyl sites for hydroxylation is 1. The third-order valence-corrected chi connectivity index (χ3v) is 4.08. The summed E-state index contributed by atoms with van der Waals surface area (Å²) in [5.41, 5.74) is 4.59. The molecule has 0 aromatic heterocycles. The van der Waals surface area contributed by atoms with Gasteiger partial charge in [0.2, 0.25) is 0 Å². The summed E-state index contributed by atoms with van der Waals surface area (Å²) in [5, 5.41) is 6.88. The van der Waals surface area contributed by atoms with Crippen LogP contribution in [0.5, 0.6) is 0 Å². The summed E-state index contributed by atoms with van der Waals surface area (Å²) in [5.74, 6) is 0.851. The van der Waals surface area contributed by atoms with E-state index in [2.05, 4.69) is 56.5 Å². The largest absolute Gasteiger partial charge is 0.316 e. The number of hydrogen-bond acceptors (Lipinski definition) is 2. The number of benzene rings is 1. The van der Waals surface area contributed by atoms with Crippen LogP contribution >= 0.6 is 0 Å². The molecule has 1 saturated heterocycles. The van der Waals surface area contributed by atoms with Crippen LogP contribution in [-0.4, -0.2) is 26.2 Å². The highest BCUT2D eigenvalue weighted by atomic mass is 15.0. The first-order valence-corrected chi connectivity index (χ1v) is 7.48. The summed E-state index contributed by atoms with van der Waals surface area (Å²) < 4.78 is 0. The third kappa shape index (κ3) is 4.05. The van der Waals surface area contributed by atoms with E-state index in [0.717, 1.165) is 25.4 Å². The highest BCUT2D eigenvalue weighted by Gasteiger charge is 2.16. The van der Waals surface area contributed by atoms with Crippen LogP contribution in [0.3, 0.4) is 0 Å². The van der Waals surface area contributed by atoms with Gasteiger partial charge in [-0.3, -0.25) is 0 Å². The maximum absolute atomic E-state index is 3.57. The Morgan fingerprint density at radius 1 is 1.26 bits per heavy atom. The van der Waals surface area contributed by atoms with Gasteiger partial charge in [-0.05, 0) is 47.9 Å². The lowest BCUT2D eigenvalue weighted by Gasteiger charge is -2.27. The van der Waals surface area contributed by atoms with Crippen molar-refractivity contribution in [2.24, 2.45) is 5.92 Å². The molecule has 106 valence electrons. The van der Waals surface area contributed by atoms with Crippen LogP contribution in [-0.2, 0) is 11.8 Å². The molecule has 0 spiro atoms. The van der Waals surface area contributed by atoms with Crippen LogP contribution in [0.4, 0.5) is 0 Å². The number of rotatable bonds is 5. The monoisotopic (exact) mass is 260 g/mol. The second kappa shape index (κ2) is 6.06. The van der Waals surface area contributed by atoms with E-state index in [1.165, 1.54) is 29.8 Å². The fourth-order valence-corrected chi connectivity index (χ4v) is 2.46. The van der Waals surface area contributed by atoms with E-state index in [4.69, 9.17) is 0 Å². The van der Waals surface area contributed by atoms with Gasteiger partial charge in [-0.15, -0.1) is 0 Å². The molecule has 0 bridgehead atoms. The predicted molar refractivity (Wildman–Crippen MR) is 82.8 cm³/mol. The summed E-state index contributed by atoms with van der Waals surface area (Å²) in [4.78, 5) is 0. The van der Waals surface area contributed by atoms with Crippen LogP contribution < -0.4 is 10.6 Å². The lowest BCUT2D eigenvalue weighted by Crippen LogP contribution is -2.47. The van der Waals surface area contributed by atoms with Crippen LogP contribution in [0.1, 0.15) is 37.5 Å². The molecule has 1 heterocycles. The minimum atomic E-state index is 0.249. The van der Waals surface area contributed by atoms with E-state index in [-0.39, 0.29) is 5.41 Å². The Balaban J connectivity index is 1.83. The van der Waals surface area contributed by atoms with Crippen LogP contribution in [0.2, 0.25) is 0 Å². The lowest BCUT2D eigenvalue weighted by molar-refractivity contribution is 0.333. The molecule has 2 rings (SSSR count). The van der Waals surface area contributed by atoms with Crippen molar-refractivity contribution in [3.8, 4) is 0 Å². The van der Waals surface area contributed by atoms with Crippen LogP contribution in [0, 0.1) is 12.8 Å². The van der Waals surface area contributed by atoms with Crippen molar-refractivity contribution in [3.05, 3.63) is 34.9 Å². The smallest absolute Gasteiger partial charge is 0.000394 e. The molecule has 0 atom stereocenters. The zero-order valence-electron chi connectivity index (χ0n) is 12.8. The predicted octanol–water partition coefficient (Wildman–Crippen LogP) is 2.64. The molecule has 1 fully saturated rings. The molecule has 0 saturated carbocycles. The molecule has 1 aliphatic heterocycles. The minimum Gasteiger partial charge on any atom is -0.316 e. The second-order valence-electron chi connectivity index (χ2n) is 6.87. The van der Waals surface area contributed by atoms with Gasteiger partial charge in [-0.25, -0.2) is 0 Å².